The van der Waals surface area contributed by atoms with Gasteiger partial charge in [0.15, 0.2) is 0 Å². The second-order valence-corrected chi connectivity index (χ2v) is 7.86. The standard InChI is InChI=1S/C16H20FN3O3S/c1-10-11(2)19-16(18-10)15-8-13(23-3)9-20(15)24(21,22)14-6-4-12(17)5-7-14/h4-7,13,15H,8-9H2,1-3H3,(H,18,19)/t13-,15+/m1/s1. The van der Waals surface area contributed by atoms with Gasteiger partial charge in [-0.2, -0.15) is 4.31 Å². The van der Waals surface area contributed by atoms with Crippen LogP contribution in [0.25, 0.3) is 0 Å². The van der Waals surface area contributed by atoms with E-state index in [4.69, 9.17) is 4.74 Å². The van der Waals surface area contributed by atoms with Gasteiger partial charge in [-0.1, -0.05) is 0 Å². The van der Waals surface area contributed by atoms with Gasteiger partial charge in [0.05, 0.1) is 22.7 Å². The summed E-state index contributed by atoms with van der Waals surface area (Å²) in [6, 6.07) is 4.42. The molecule has 24 heavy (non-hydrogen) atoms. The van der Waals surface area contributed by atoms with Gasteiger partial charge in [0.25, 0.3) is 0 Å². The molecule has 0 unspecified atom stereocenters. The molecule has 0 amide bonds. The second kappa shape index (κ2) is 6.27. The highest BCUT2D eigenvalue weighted by atomic mass is 32.2. The first-order valence-corrected chi connectivity index (χ1v) is 9.10. The quantitative estimate of drug-likeness (QED) is 0.915. The van der Waals surface area contributed by atoms with Crippen molar-refractivity contribution in [2.75, 3.05) is 13.7 Å². The topological polar surface area (TPSA) is 75.3 Å². The Morgan fingerprint density at radius 2 is 1.96 bits per heavy atom. The number of benzene rings is 1. The number of hydrogen-bond donors (Lipinski definition) is 1. The molecule has 0 aliphatic carbocycles. The van der Waals surface area contributed by atoms with Crippen LogP contribution in [0.2, 0.25) is 0 Å². The smallest absolute Gasteiger partial charge is 0.243 e. The van der Waals surface area contributed by atoms with Crippen molar-refractivity contribution < 1.29 is 17.5 Å². The van der Waals surface area contributed by atoms with E-state index in [-0.39, 0.29) is 17.5 Å². The van der Waals surface area contributed by atoms with Crippen LogP contribution in [-0.4, -0.2) is 42.4 Å². The van der Waals surface area contributed by atoms with Crippen molar-refractivity contribution in [3.8, 4) is 0 Å². The lowest BCUT2D eigenvalue weighted by molar-refractivity contribution is 0.114. The number of nitrogens with one attached hydrogen (secondary N) is 1. The molecule has 3 rings (SSSR count). The minimum absolute atomic E-state index is 0.0608. The number of aromatic amines is 1. The summed E-state index contributed by atoms with van der Waals surface area (Å²) in [5.41, 5.74) is 1.75. The van der Waals surface area contributed by atoms with Crippen LogP contribution in [0.4, 0.5) is 4.39 Å². The first kappa shape index (κ1) is 17.1. The normalized spacial score (nSPS) is 22.2. The third-order valence-corrected chi connectivity index (χ3v) is 6.32. The van der Waals surface area contributed by atoms with Gasteiger partial charge in [-0.25, -0.2) is 17.8 Å². The first-order chi connectivity index (χ1) is 11.3. The highest BCUT2D eigenvalue weighted by molar-refractivity contribution is 7.89. The number of H-pyrrole nitrogens is 1. The molecular weight excluding hydrogens is 333 g/mol. The van der Waals surface area contributed by atoms with Crippen LogP contribution >= 0.6 is 0 Å². The van der Waals surface area contributed by atoms with Crippen LogP contribution < -0.4 is 0 Å². The molecule has 1 aliphatic rings. The summed E-state index contributed by atoms with van der Waals surface area (Å²) in [4.78, 5) is 7.68. The van der Waals surface area contributed by atoms with Crippen molar-refractivity contribution in [1.29, 1.82) is 0 Å². The lowest BCUT2D eigenvalue weighted by atomic mass is 10.2. The Hall–Kier alpha value is -1.77. The molecule has 2 heterocycles. The van der Waals surface area contributed by atoms with E-state index in [9.17, 15) is 12.8 Å². The number of imidazole rings is 1. The fourth-order valence-corrected chi connectivity index (χ4v) is 4.56. The lowest BCUT2D eigenvalue weighted by Gasteiger charge is -2.22. The first-order valence-electron chi connectivity index (χ1n) is 7.66. The Morgan fingerprint density at radius 1 is 1.29 bits per heavy atom. The van der Waals surface area contributed by atoms with Gasteiger partial charge in [0.1, 0.15) is 11.6 Å². The maximum atomic E-state index is 13.1. The molecule has 1 fully saturated rings. The van der Waals surface area contributed by atoms with E-state index in [1.807, 2.05) is 13.8 Å². The van der Waals surface area contributed by atoms with Crippen LogP contribution in [0, 0.1) is 19.7 Å². The summed E-state index contributed by atoms with van der Waals surface area (Å²) >= 11 is 0. The molecule has 2 atom stereocenters. The molecule has 1 saturated heterocycles. The van der Waals surface area contributed by atoms with Crippen molar-refractivity contribution in [2.24, 2.45) is 0 Å². The number of sulfonamides is 1. The van der Waals surface area contributed by atoms with Gasteiger partial charge in [0, 0.05) is 19.3 Å². The number of hydrogen-bond acceptors (Lipinski definition) is 4. The van der Waals surface area contributed by atoms with Gasteiger partial charge in [-0.15, -0.1) is 0 Å². The molecule has 0 saturated carbocycles. The Labute approximate surface area is 140 Å². The van der Waals surface area contributed by atoms with E-state index in [1.165, 1.54) is 16.4 Å². The summed E-state index contributed by atoms with van der Waals surface area (Å²) in [5, 5.41) is 0. The van der Waals surface area contributed by atoms with E-state index in [0.29, 0.717) is 12.2 Å². The summed E-state index contributed by atoms with van der Waals surface area (Å²) in [6.07, 6.45) is 0.305. The zero-order chi connectivity index (χ0) is 17.5. The summed E-state index contributed by atoms with van der Waals surface area (Å²) < 4.78 is 45.8. The zero-order valence-electron chi connectivity index (χ0n) is 13.8. The van der Waals surface area contributed by atoms with E-state index in [1.54, 1.807) is 7.11 Å². The number of rotatable bonds is 4. The van der Waals surface area contributed by atoms with Crippen molar-refractivity contribution in [3.05, 3.63) is 47.3 Å². The van der Waals surface area contributed by atoms with Gasteiger partial charge in [-0.05, 0) is 44.5 Å². The Balaban J connectivity index is 2.00. The third-order valence-electron chi connectivity index (χ3n) is 4.43. The van der Waals surface area contributed by atoms with Crippen LogP contribution in [0.5, 0.6) is 0 Å². The van der Waals surface area contributed by atoms with Crippen LogP contribution in [0.1, 0.15) is 29.7 Å². The zero-order valence-corrected chi connectivity index (χ0v) is 14.6. The molecule has 1 N–H and O–H groups in total. The van der Waals surface area contributed by atoms with Crippen molar-refractivity contribution >= 4 is 10.0 Å². The predicted molar refractivity (Wildman–Crippen MR) is 86.5 cm³/mol. The minimum Gasteiger partial charge on any atom is -0.380 e. The molecule has 6 nitrogen and oxygen atoms in total. The summed E-state index contributed by atoms with van der Waals surface area (Å²) in [6.45, 7) is 4.00. The van der Waals surface area contributed by atoms with Gasteiger partial charge in [-0.3, -0.25) is 0 Å². The number of methoxy groups -OCH3 is 1. The SMILES string of the molecule is CO[C@@H]1C[C@@H](c2nc(C)c(C)[nH]2)N(S(=O)(=O)c2ccc(F)cc2)C1. The number of aromatic nitrogens is 2. The molecule has 0 bridgehead atoms. The minimum atomic E-state index is -3.77. The van der Waals surface area contributed by atoms with Crippen LogP contribution in [0.3, 0.4) is 0 Å². The largest absolute Gasteiger partial charge is 0.380 e. The van der Waals surface area contributed by atoms with Crippen molar-refractivity contribution in [2.45, 2.75) is 37.3 Å². The Kier molecular flexibility index (Phi) is 4.46. The molecular formula is C16H20FN3O3S. The monoisotopic (exact) mass is 353 g/mol. The van der Waals surface area contributed by atoms with Gasteiger partial charge in [0.2, 0.25) is 10.0 Å². The van der Waals surface area contributed by atoms with E-state index >= 15 is 0 Å². The summed E-state index contributed by atoms with van der Waals surface area (Å²) in [7, 11) is -2.21. The third kappa shape index (κ3) is 2.97. The van der Waals surface area contributed by atoms with E-state index in [2.05, 4.69) is 9.97 Å². The maximum absolute atomic E-state index is 13.1. The summed E-state index contributed by atoms with van der Waals surface area (Å²) in [5.74, 6) is 0.134. The molecule has 130 valence electrons. The molecule has 1 aromatic heterocycles. The number of ether oxygens (including phenoxy) is 1. The fraction of sp³-hybridized carbons (Fsp3) is 0.438. The molecule has 8 heteroatoms. The highest BCUT2D eigenvalue weighted by Gasteiger charge is 2.42. The Morgan fingerprint density at radius 3 is 2.50 bits per heavy atom. The highest BCUT2D eigenvalue weighted by Crippen LogP contribution is 2.36. The van der Waals surface area contributed by atoms with E-state index < -0.39 is 21.9 Å². The van der Waals surface area contributed by atoms with Crippen molar-refractivity contribution in [1.82, 2.24) is 14.3 Å². The van der Waals surface area contributed by atoms with Crippen molar-refractivity contribution in [3.63, 3.8) is 0 Å². The fourth-order valence-electron chi connectivity index (χ4n) is 2.93. The van der Waals surface area contributed by atoms with Gasteiger partial charge < -0.3 is 9.72 Å². The molecule has 2 aromatic rings. The Bertz CT molecular complexity index is 813. The van der Waals surface area contributed by atoms with E-state index in [0.717, 1.165) is 23.5 Å². The molecule has 0 spiro atoms. The average molecular weight is 353 g/mol. The van der Waals surface area contributed by atoms with Gasteiger partial charge >= 0.3 is 0 Å². The average Bonchev–Trinajstić information content (AvgIpc) is 3.12. The second-order valence-electron chi connectivity index (χ2n) is 5.97. The molecule has 1 aliphatic heterocycles. The van der Waals surface area contributed by atoms with Crippen LogP contribution in [-0.2, 0) is 14.8 Å². The van der Waals surface area contributed by atoms with Crippen LogP contribution in [0.15, 0.2) is 29.2 Å². The number of nitrogens with zero attached hydrogens (tertiary/aromatic N) is 2. The number of aryl methyl sites for hydroxylation is 2. The number of halogens is 1. The predicted octanol–water partition coefficient (Wildman–Crippen LogP) is 2.32. The molecule has 1 aromatic carbocycles. The molecule has 0 radical (unpaired) electrons. The maximum Gasteiger partial charge on any atom is 0.243 e. The lowest BCUT2D eigenvalue weighted by Crippen LogP contribution is -2.32.